The molecule has 0 fully saturated rings. The van der Waals surface area contributed by atoms with Crippen LogP contribution in [0.25, 0.3) is 0 Å². The van der Waals surface area contributed by atoms with Gasteiger partial charge in [0.1, 0.15) is 0 Å². The number of hydrogen-bond donors (Lipinski definition) is 1. The maximum Gasteiger partial charge on any atom is 0.0952 e. The van der Waals surface area contributed by atoms with E-state index >= 15 is 0 Å². The molecule has 0 spiro atoms. The molecule has 0 rings (SSSR count). The number of rotatable bonds is 4. The molecular weight excluding hydrogens is 150 g/mol. The van der Waals surface area contributed by atoms with E-state index in [1.165, 1.54) is 6.42 Å². The second kappa shape index (κ2) is 4.94. The predicted molar refractivity (Wildman–Crippen MR) is 55.7 cm³/mol. The van der Waals surface area contributed by atoms with Gasteiger partial charge in [0.05, 0.1) is 9.68 Å². The Morgan fingerprint density at radius 3 is 2.09 bits per heavy atom. The van der Waals surface area contributed by atoms with E-state index in [9.17, 15) is 0 Å². The van der Waals surface area contributed by atoms with Crippen LogP contribution in [0, 0.1) is 5.41 Å². The molecule has 0 aromatic carbocycles. The van der Waals surface area contributed by atoms with Crippen molar-refractivity contribution in [2.75, 3.05) is 6.54 Å². The van der Waals surface area contributed by atoms with Gasteiger partial charge in [0.25, 0.3) is 0 Å². The fraction of sp³-hybridized carbons (Fsp3) is 1.00. The van der Waals surface area contributed by atoms with Crippen molar-refractivity contribution in [2.45, 2.75) is 46.6 Å². The normalized spacial score (nSPS) is 16.1. The topological polar surface area (TPSA) is 12.0 Å². The molecule has 0 amide bonds. The molecular formula is C9H23NSi. The second-order valence-electron chi connectivity index (χ2n) is 4.28. The van der Waals surface area contributed by atoms with Crippen molar-refractivity contribution in [1.82, 2.24) is 4.98 Å². The molecule has 0 heterocycles. The highest BCUT2D eigenvalue weighted by molar-refractivity contribution is 6.34. The zero-order valence-corrected chi connectivity index (χ0v) is 10.1. The van der Waals surface area contributed by atoms with E-state index < -0.39 is 0 Å². The average molecular weight is 173 g/mol. The van der Waals surface area contributed by atoms with Crippen LogP contribution >= 0.6 is 0 Å². The lowest BCUT2D eigenvalue weighted by molar-refractivity contribution is 0.368. The van der Waals surface area contributed by atoms with Crippen LogP contribution in [0.4, 0.5) is 0 Å². The quantitative estimate of drug-likeness (QED) is 0.641. The van der Waals surface area contributed by atoms with Crippen LogP contribution in [0.1, 0.15) is 41.0 Å². The minimum Gasteiger partial charge on any atom is -0.342 e. The molecule has 0 saturated heterocycles. The predicted octanol–water partition coefficient (Wildman–Crippen LogP) is 1.92. The van der Waals surface area contributed by atoms with Crippen LogP contribution in [0.15, 0.2) is 0 Å². The molecule has 0 radical (unpaired) electrons. The molecule has 11 heavy (non-hydrogen) atoms. The van der Waals surface area contributed by atoms with Crippen LogP contribution in [0.2, 0.25) is 5.54 Å². The molecule has 68 valence electrons. The molecule has 0 aliphatic rings. The first-order valence-corrected chi connectivity index (χ1v) is 6.25. The van der Waals surface area contributed by atoms with Gasteiger partial charge in [0.15, 0.2) is 0 Å². The van der Waals surface area contributed by atoms with Gasteiger partial charge in [-0.2, -0.15) is 0 Å². The molecule has 0 aliphatic heterocycles. The van der Waals surface area contributed by atoms with Crippen molar-refractivity contribution < 1.29 is 0 Å². The van der Waals surface area contributed by atoms with Gasteiger partial charge in [0, 0.05) is 0 Å². The van der Waals surface area contributed by atoms with Crippen LogP contribution < -0.4 is 4.98 Å². The minimum atomic E-state index is -0.0289. The lowest BCUT2D eigenvalue weighted by atomic mass is 9.90. The molecule has 1 N–H and O–H groups in total. The zero-order chi connectivity index (χ0) is 8.91. The van der Waals surface area contributed by atoms with E-state index in [2.05, 4.69) is 39.6 Å². The van der Waals surface area contributed by atoms with Gasteiger partial charge in [-0.05, 0) is 17.5 Å². The fourth-order valence-electron chi connectivity index (χ4n) is 1.38. The average Bonchev–Trinajstić information content (AvgIpc) is 1.87. The summed E-state index contributed by atoms with van der Waals surface area (Å²) in [4.78, 5) is 3.54. The minimum absolute atomic E-state index is 0.0289. The summed E-state index contributed by atoms with van der Waals surface area (Å²) in [5.74, 6) is 0. The summed E-state index contributed by atoms with van der Waals surface area (Å²) in [6, 6.07) is 0. The van der Waals surface area contributed by atoms with E-state index in [0.29, 0.717) is 5.41 Å². The van der Waals surface area contributed by atoms with Gasteiger partial charge in [0.2, 0.25) is 0 Å². The maximum atomic E-state index is 3.54. The molecule has 0 aromatic heterocycles. The Bertz CT molecular complexity index is 96.2. The third-order valence-electron chi connectivity index (χ3n) is 2.36. The molecule has 0 saturated carbocycles. The third-order valence-corrected chi connectivity index (χ3v) is 5.44. The summed E-state index contributed by atoms with van der Waals surface area (Å²) >= 11 is 0. The van der Waals surface area contributed by atoms with E-state index in [-0.39, 0.29) is 9.68 Å². The van der Waals surface area contributed by atoms with Gasteiger partial charge in [-0.1, -0.05) is 41.0 Å². The van der Waals surface area contributed by atoms with Crippen molar-refractivity contribution in [1.29, 1.82) is 0 Å². The molecule has 0 aromatic rings. The van der Waals surface area contributed by atoms with E-state index in [0.717, 1.165) is 12.1 Å². The summed E-state index contributed by atoms with van der Waals surface area (Å²) in [5.41, 5.74) is 1.46. The SMILES string of the molecule is CCN[SiH2]C(CC)C(C)(C)C. The standard InChI is InChI=1S/C9H23NSi/c1-6-8(9(3,4)5)11-10-7-2/h8,10H,6-7,11H2,1-5H3. The van der Waals surface area contributed by atoms with Crippen LogP contribution in [-0.4, -0.2) is 16.2 Å². The summed E-state index contributed by atoms with van der Waals surface area (Å²) < 4.78 is 0. The lowest BCUT2D eigenvalue weighted by Crippen LogP contribution is -2.30. The monoisotopic (exact) mass is 173 g/mol. The van der Waals surface area contributed by atoms with Gasteiger partial charge in [-0.3, -0.25) is 0 Å². The summed E-state index contributed by atoms with van der Waals surface area (Å²) in [5, 5.41) is 0. The summed E-state index contributed by atoms with van der Waals surface area (Å²) in [7, 11) is -0.0289. The zero-order valence-electron chi connectivity index (χ0n) is 8.70. The van der Waals surface area contributed by atoms with Crippen LogP contribution in [0.3, 0.4) is 0 Å². The Balaban J connectivity index is 3.76. The summed E-state index contributed by atoms with van der Waals surface area (Å²) in [6.07, 6.45) is 1.34. The molecule has 0 aliphatic carbocycles. The van der Waals surface area contributed by atoms with Crippen LogP contribution in [0.5, 0.6) is 0 Å². The van der Waals surface area contributed by atoms with Crippen LogP contribution in [-0.2, 0) is 0 Å². The molecule has 1 unspecified atom stereocenters. The Morgan fingerprint density at radius 1 is 1.27 bits per heavy atom. The van der Waals surface area contributed by atoms with Gasteiger partial charge in [-0.15, -0.1) is 0 Å². The molecule has 1 nitrogen and oxygen atoms in total. The fourth-order valence-corrected chi connectivity index (χ4v) is 2.92. The first kappa shape index (κ1) is 11.2. The highest BCUT2D eigenvalue weighted by Gasteiger charge is 2.22. The Labute approximate surface area is 73.9 Å². The molecule has 2 heteroatoms. The smallest absolute Gasteiger partial charge is 0.0952 e. The Morgan fingerprint density at radius 2 is 1.82 bits per heavy atom. The van der Waals surface area contributed by atoms with Gasteiger partial charge < -0.3 is 4.98 Å². The largest absolute Gasteiger partial charge is 0.342 e. The number of nitrogens with one attached hydrogen (secondary N) is 1. The van der Waals surface area contributed by atoms with Crippen molar-refractivity contribution in [2.24, 2.45) is 5.41 Å². The lowest BCUT2D eigenvalue weighted by Gasteiger charge is -2.29. The van der Waals surface area contributed by atoms with Crippen molar-refractivity contribution in [3.63, 3.8) is 0 Å². The van der Waals surface area contributed by atoms with Crippen molar-refractivity contribution in [3.8, 4) is 0 Å². The Kier molecular flexibility index (Phi) is 5.02. The number of hydrogen-bond acceptors (Lipinski definition) is 1. The van der Waals surface area contributed by atoms with Crippen molar-refractivity contribution >= 4 is 9.68 Å². The van der Waals surface area contributed by atoms with E-state index in [1.54, 1.807) is 0 Å². The summed E-state index contributed by atoms with van der Waals surface area (Å²) in [6.45, 7) is 12.7. The third kappa shape index (κ3) is 4.59. The first-order chi connectivity index (χ1) is 5.02. The van der Waals surface area contributed by atoms with Crippen molar-refractivity contribution in [3.05, 3.63) is 0 Å². The first-order valence-electron chi connectivity index (χ1n) is 4.73. The molecule has 0 bridgehead atoms. The Hall–Kier alpha value is 0.177. The van der Waals surface area contributed by atoms with E-state index in [1.807, 2.05) is 0 Å². The molecule has 1 atom stereocenters. The maximum absolute atomic E-state index is 3.54. The van der Waals surface area contributed by atoms with E-state index in [4.69, 9.17) is 0 Å². The second-order valence-corrected chi connectivity index (χ2v) is 6.17. The highest BCUT2D eigenvalue weighted by Crippen LogP contribution is 2.32. The van der Waals surface area contributed by atoms with Gasteiger partial charge >= 0.3 is 0 Å². The highest BCUT2D eigenvalue weighted by atomic mass is 28.2. The van der Waals surface area contributed by atoms with Gasteiger partial charge in [-0.25, -0.2) is 0 Å².